The van der Waals surface area contributed by atoms with Gasteiger partial charge in [0.05, 0.1) is 5.60 Å². The van der Waals surface area contributed by atoms with Crippen molar-refractivity contribution in [2.24, 2.45) is 0 Å². The molecule has 0 aromatic rings. The largest absolute Gasteiger partial charge is 0.390 e. The van der Waals surface area contributed by atoms with Gasteiger partial charge in [-0.3, -0.25) is 9.59 Å². The number of unbranched alkanes of at least 4 members (excludes halogenated alkanes) is 9. The van der Waals surface area contributed by atoms with Crippen molar-refractivity contribution in [1.82, 2.24) is 9.80 Å². The molecule has 0 atom stereocenters. The Kier molecular flexibility index (Phi) is 17.0. The second kappa shape index (κ2) is 18.6. The molecule has 0 aliphatic carbocycles. The van der Waals surface area contributed by atoms with Crippen molar-refractivity contribution in [1.29, 1.82) is 0 Å². The van der Waals surface area contributed by atoms with Crippen molar-refractivity contribution in [3.63, 3.8) is 0 Å². The van der Waals surface area contributed by atoms with E-state index in [9.17, 15) is 14.7 Å². The molecule has 33 heavy (non-hydrogen) atoms. The summed E-state index contributed by atoms with van der Waals surface area (Å²) in [6, 6.07) is 0. The maximum Gasteiger partial charge on any atom is 0.222 e. The maximum atomic E-state index is 11.4. The highest BCUT2D eigenvalue weighted by Gasteiger charge is 2.22. The highest BCUT2D eigenvalue weighted by Crippen LogP contribution is 2.15. The van der Waals surface area contributed by atoms with E-state index in [1.807, 2.05) is 21.6 Å². The molecule has 2 saturated heterocycles. The first-order valence-corrected chi connectivity index (χ1v) is 14.8. The first-order chi connectivity index (χ1) is 15.8. The van der Waals surface area contributed by atoms with Gasteiger partial charge in [-0.25, -0.2) is 0 Å². The topological polar surface area (TPSA) is 60.9 Å². The zero-order chi connectivity index (χ0) is 24.4. The average Bonchev–Trinajstić information content (AvgIpc) is 3.37. The van der Waals surface area contributed by atoms with Gasteiger partial charge in [0.1, 0.15) is 0 Å². The number of likely N-dealkylation sites (tertiary alicyclic amines) is 2. The van der Waals surface area contributed by atoms with Gasteiger partial charge in [-0.15, -0.1) is 0 Å². The van der Waals surface area contributed by atoms with E-state index < -0.39 is 5.60 Å². The molecule has 5 nitrogen and oxygen atoms in total. The van der Waals surface area contributed by atoms with Crippen molar-refractivity contribution >= 4 is 23.6 Å². The lowest BCUT2D eigenvalue weighted by molar-refractivity contribution is -0.128. The lowest BCUT2D eigenvalue weighted by Crippen LogP contribution is -2.31. The Labute approximate surface area is 208 Å². The first-order valence-electron chi connectivity index (χ1n) is 13.7. The molecule has 2 heterocycles. The Morgan fingerprint density at radius 1 is 0.758 bits per heavy atom. The van der Waals surface area contributed by atoms with Crippen LogP contribution in [0.3, 0.4) is 0 Å². The van der Waals surface area contributed by atoms with E-state index in [-0.39, 0.29) is 5.91 Å². The summed E-state index contributed by atoms with van der Waals surface area (Å²) in [7, 11) is 0. The van der Waals surface area contributed by atoms with Crippen molar-refractivity contribution in [3.05, 3.63) is 0 Å². The molecular weight excluding hydrogens is 432 g/mol. The number of hydrogen-bond acceptors (Lipinski definition) is 4. The summed E-state index contributed by atoms with van der Waals surface area (Å²) in [5, 5.41) is 9.43. The molecule has 2 aliphatic heterocycles. The molecule has 2 rings (SSSR count). The third kappa shape index (κ3) is 16.5. The molecular formula is C27H52N2O3S. The molecule has 2 aliphatic rings. The number of carbonyl (C=O) groups is 2. The summed E-state index contributed by atoms with van der Waals surface area (Å²) < 4.78 is 0. The first kappa shape index (κ1) is 30.3. The van der Waals surface area contributed by atoms with Crippen molar-refractivity contribution in [2.45, 2.75) is 123 Å². The average molecular weight is 485 g/mol. The molecule has 0 radical (unpaired) electrons. The van der Waals surface area contributed by atoms with Crippen LogP contribution in [0.1, 0.15) is 117 Å². The molecule has 194 valence electrons. The molecule has 0 aromatic carbocycles. The summed E-state index contributed by atoms with van der Waals surface area (Å²) in [6.07, 6.45) is 18.3. The molecule has 1 N–H and O–H groups in total. The molecule has 2 amide bonds. The minimum absolute atomic E-state index is 0.235. The summed E-state index contributed by atoms with van der Waals surface area (Å²) in [4.78, 5) is 26.4. The summed E-state index contributed by atoms with van der Waals surface area (Å²) in [6.45, 7) is 9.36. The predicted molar refractivity (Wildman–Crippen MR) is 142 cm³/mol. The third-order valence-corrected chi connectivity index (χ3v) is 7.53. The Morgan fingerprint density at radius 2 is 1.24 bits per heavy atom. The van der Waals surface area contributed by atoms with Crippen molar-refractivity contribution < 1.29 is 14.7 Å². The Balaban J connectivity index is 0.000000383. The van der Waals surface area contributed by atoms with Crippen LogP contribution in [-0.2, 0) is 9.59 Å². The van der Waals surface area contributed by atoms with Gasteiger partial charge in [0.25, 0.3) is 0 Å². The van der Waals surface area contributed by atoms with Gasteiger partial charge in [-0.05, 0) is 45.3 Å². The summed E-state index contributed by atoms with van der Waals surface area (Å²) in [5.41, 5.74) is -0.650. The van der Waals surface area contributed by atoms with E-state index in [4.69, 9.17) is 0 Å². The number of carbonyl (C=O) groups excluding carboxylic acids is 2. The molecule has 0 spiro atoms. The predicted octanol–water partition coefficient (Wildman–Crippen LogP) is 6.03. The SMILES string of the molecule is CC(C)(O)CCN1CCCC1=O.CCCCCCCCCCCCSCCN1CCCC1=O. The summed E-state index contributed by atoms with van der Waals surface area (Å²) in [5.74, 6) is 3.01. The van der Waals surface area contributed by atoms with Gasteiger partial charge in [0, 0.05) is 44.8 Å². The molecule has 2 fully saturated rings. The van der Waals surface area contributed by atoms with Crippen molar-refractivity contribution in [3.8, 4) is 0 Å². The van der Waals surface area contributed by atoms with Gasteiger partial charge < -0.3 is 14.9 Å². The van der Waals surface area contributed by atoms with Crippen LogP contribution < -0.4 is 0 Å². The number of rotatable bonds is 17. The molecule has 6 heteroatoms. The minimum atomic E-state index is -0.650. The van der Waals surface area contributed by atoms with Gasteiger partial charge in [-0.1, -0.05) is 64.7 Å². The summed E-state index contributed by atoms with van der Waals surface area (Å²) >= 11 is 2.03. The molecule has 0 saturated carbocycles. The smallest absolute Gasteiger partial charge is 0.222 e. The molecule has 0 unspecified atom stereocenters. The fourth-order valence-corrected chi connectivity index (χ4v) is 5.22. The second-order valence-corrected chi connectivity index (χ2v) is 11.6. The second-order valence-electron chi connectivity index (χ2n) is 10.3. The Hall–Kier alpha value is -0.750. The van der Waals surface area contributed by atoms with E-state index in [0.29, 0.717) is 25.3 Å². The highest BCUT2D eigenvalue weighted by molar-refractivity contribution is 7.99. The minimum Gasteiger partial charge on any atom is -0.390 e. The number of aliphatic hydroxyl groups is 1. The van der Waals surface area contributed by atoms with E-state index >= 15 is 0 Å². The fraction of sp³-hybridized carbons (Fsp3) is 0.926. The zero-order valence-electron chi connectivity index (χ0n) is 21.9. The van der Waals surface area contributed by atoms with Gasteiger partial charge in [0.15, 0.2) is 0 Å². The normalized spacial score (nSPS) is 16.5. The van der Waals surface area contributed by atoms with Crippen LogP contribution in [0, 0.1) is 0 Å². The number of amides is 2. The molecule has 0 bridgehead atoms. The van der Waals surface area contributed by atoms with Gasteiger partial charge >= 0.3 is 0 Å². The lowest BCUT2D eigenvalue weighted by atomic mass is 10.1. The Morgan fingerprint density at radius 3 is 1.70 bits per heavy atom. The van der Waals surface area contributed by atoms with Gasteiger partial charge in [-0.2, -0.15) is 11.8 Å². The van der Waals surface area contributed by atoms with E-state index in [1.54, 1.807) is 13.8 Å². The van der Waals surface area contributed by atoms with E-state index in [2.05, 4.69) is 6.92 Å². The standard InChI is InChI=1S/C18H35NOS.C9H17NO2/c1-2-3-4-5-6-7-8-9-10-11-16-21-17-15-19-14-12-13-18(19)20;1-9(2,12)5-7-10-6-3-4-8(10)11/h2-17H2,1H3;12H,3-7H2,1-2H3. The van der Waals surface area contributed by atoms with Crippen LogP contribution in [0.5, 0.6) is 0 Å². The Bertz CT molecular complexity index is 522. The van der Waals surface area contributed by atoms with Crippen LogP contribution >= 0.6 is 11.8 Å². The van der Waals surface area contributed by atoms with Crippen LogP contribution in [0.2, 0.25) is 0 Å². The quantitative estimate of drug-likeness (QED) is 0.256. The number of nitrogens with zero attached hydrogens (tertiary/aromatic N) is 2. The van der Waals surface area contributed by atoms with Crippen molar-refractivity contribution in [2.75, 3.05) is 37.7 Å². The van der Waals surface area contributed by atoms with Crippen LogP contribution in [0.4, 0.5) is 0 Å². The fourth-order valence-electron chi connectivity index (χ4n) is 4.26. The zero-order valence-corrected chi connectivity index (χ0v) is 22.7. The molecule has 0 aromatic heterocycles. The van der Waals surface area contributed by atoms with Crippen LogP contribution in [0.15, 0.2) is 0 Å². The van der Waals surface area contributed by atoms with E-state index in [1.165, 1.54) is 70.0 Å². The van der Waals surface area contributed by atoms with Crippen LogP contribution in [0.25, 0.3) is 0 Å². The third-order valence-electron chi connectivity index (χ3n) is 6.48. The monoisotopic (exact) mass is 484 g/mol. The maximum absolute atomic E-state index is 11.4. The van der Waals surface area contributed by atoms with Crippen LogP contribution in [-0.4, -0.2) is 70.0 Å². The van der Waals surface area contributed by atoms with E-state index in [0.717, 1.165) is 44.6 Å². The van der Waals surface area contributed by atoms with Gasteiger partial charge in [0.2, 0.25) is 11.8 Å². The lowest BCUT2D eigenvalue weighted by Gasteiger charge is -2.22. The number of thioether (sulfide) groups is 1. The number of hydrogen-bond donors (Lipinski definition) is 1. The highest BCUT2D eigenvalue weighted by atomic mass is 32.2.